The Morgan fingerprint density at radius 3 is 2.71 bits per heavy atom. The number of carboxylic acids is 1. The molecule has 1 aliphatic rings. The fourth-order valence-corrected chi connectivity index (χ4v) is 2.76. The summed E-state index contributed by atoms with van der Waals surface area (Å²) in [6.45, 7) is 0.973. The maximum atomic E-state index is 11.7. The van der Waals surface area contributed by atoms with Crippen molar-refractivity contribution in [2.24, 2.45) is 11.8 Å². The lowest BCUT2D eigenvalue weighted by Crippen LogP contribution is -2.40. The van der Waals surface area contributed by atoms with Crippen LogP contribution in [0, 0.1) is 11.8 Å². The number of carbonyl (C=O) groups is 2. The van der Waals surface area contributed by atoms with Crippen LogP contribution in [0.2, 0.25) is 0 Å². The second-order valence-corrected chi connectivity index (χ2v) is 5.38. The highest BCUT2D eigenvalue weighted by atomic mass is 16.4. The summed E-state index contributed by atoms with van der Waals surface area (Å²) in [5.74, 6) is -1.02. The molecule has 0 aromatic carbocycles. The fraction of sp³-hybridized carbons (Fsp3) is 0.533. The number of aliphatic carboxylic acids is 1. The number of urea groups is 1. The van der Waals surface area contributed by atoms with Crippen LogP contribution in [0.3, 0.4) is 0 Å². The molecule has 1 aromatic heterocycles. The van der Waals surface area contributed by atoms with Gasteiger partial charge >= 0.3 is 12.0 Å². The molecule has 0 radical (unpaired) electrons. The Balaban J connectivity index is 1.65. The van der Waals surface area contributed by atoms with Crippen LogP contribution in [0.15, 0.2) is 24.5 Å². The molecule has 2 amide bonds. The molecule has 1 aromatic rings. The van der Waals surface area contributed by atoms with Crippen LogP contribution >= 0.6 is 0 Å². The molecule has 0 bridgehead atoms. The highest BCUT2D eigenvalue weighted by Gasteiger charge is 2.32. The van der Waals surface area contributed by atoms with Crippen molar-refractivity contribution < 1.29 is 14.7 Å². The zero-order chi connectivity index (χ0) is 15.1. The van der Waals surface area contributed by atoms with E-state index in [0.29, 0.717) is 19.5 Å². The number of carboxylic acid groups (broad SMARTS) is 1. The third kappa shape index (κ3) is 4.73. The van der Waals surface area contributed by atoms with Crippen molar-refractivity contribution >= 4 is 12.0 Å². The smallest absolute Gasteiger partial charge is 0.314 e. The molecule has 114 valence electrons. The van der Waals surface area contributed by atoms with Crippen LogP contribution in [0.4, 0.5) is 4.79 Å². The van der Waals surface area contributed by atoms with Gasteiger partial charge in [-0.05, 0) is 42.9 Å². The second-order valence-electron chi connectivity index (χ2n) is 5.38. The van der Waals surface area contributed by atoms with E-state index in [4.69, 9.17) is 5.11 Å². The minimum absolute atomic E-state index is 0.0495. The Bertz CT molecular complexity index is 478. The number of nitrogens with zero attached hydrogens (tertiary/aromatic N) is 1. The summed E-state index contributed by atoms with van der Waals surface area (Å²) in [6.07, 6.45) is 6.70. The summed E-state index contributed by atoms with van der Waals surface area (Å²) in [6, 6.07) is 3.59. The average molecular weight is 291 g/mol. The molecule has 0 saturated heterocycles. The number of carbonyl (C=O) groups excluding carboxylic acids is 1. The summed E-state index contributed by atoms with van der Waals surface area (Å²) in [4.78, 5) is 26.7. The lowest BCUT2D eigenvalue weighted by atomic mass is 9.96. The molecular formula is C15H21N3O3. The average Bonchev–Trinajstić information content (AvgIpc) is 2.95. The molecule has 2 unspecified atom stereocenters. The van der Waals surface area contributed by atoms with Crippen molar-refractivity contribution in [1.29, 1.82) is 0 Å². The molecule has 6 nitrogen and oxygen atoms in total. The Morgan fingerprint density at radius 1 is 1.24 bits per heavy atom. The molecule has 1 saturated carbocycles. The van der Waals surface area contributed by atoms with Crippen molar-refractivity contribution in [3.05, 3.63) is 30.1 Å². The van der Waals surface area contributed by atoms with E-state index in [-0.39, 0.29) is 17.9 Å². The molecule has 0 spiro atoms. The van der Waals surface area contributed by atoms with Crippen LogP contribution in [-0.2, 0) is 11.2 Å². The summed E-state index contributed by atoms with van der Waals surface area (Å²) >= 11 is 0. The number of rotatable bonds is 6. The maximum Gasteiger partial charge on any atom is 0.314 e. The number of hydrogen-bond acceptors (Lipinski definition) is 3. The van der Waals surface area contributed by atoms with Crippen LogP contribution in [0.1, 0.15) is 24.8 Å². The summed E-state index contributed by atoms with van der Waals surface area (Å²) in [5.41, 5.74) is 1.12. The van der Waals surface area contributed by atoms with Gasteiger partial charge in [-0.3, -0.25) is 9.78 Å². The van der Waals surface area contributed by atoms with E-state index in [9.17, 15) is 9.59 Å². The normalized spacial score (nSPS) is 21.0. The molecule has 2 atom stereocenters. The topological polar surface area (TPSA) is 91.3 Å². The van der Waals surface area contributed by atoms with Gasteiger partial charge in [0.1, 0.15) is 0 Å². The van der Waals surface area contributed by atoms with Gasteiger partial charge in [0.25, 0.3) is 0 Å². The largest absolute Gasteiger partial charge is 0.481 e. The first-order valence-corrected chi connectivity index (χ1v) is 7.30. The van der Waals surface area contributed by atoms with Crippen molar-refractivity contribution in [3.63, 3.8) is 0 Å². The highest BCUT2D eigenvalue weighted by molar-refractivity contribution is 5.74. The van der Waals surface area contributed by atoms with Crippen molar-refractivity contribution in [2.45, 2.75) is 25.7 Å². The third-order valence-corrected chi connectivity index (χ3v) is 3.95. The van der Waals surface area contributed by atoms with Gasteiger partial charge < -0.3 is 15.7 Å². The highest BCUT2D eigenvalue weighted by Crippen LogP contribution is 2.31. The third-order valence-electron chi connectivity index (χ3n) is 3.95. The first kappa shape index (κ1) is 15.3. The molecule has 1 aliphatic carbocycles. The summed E-state index contributed by atoms with van der Waals surface area (Å²) in [7, 11) is 0. The van der Waals surface area contributed by atoms with Gasteiger partial charge in [-0.15, -0.1) is 0 Å². The number of nitrogens with one attached hydrogen (secondary N) is 2. The van der Waals surface area contributed by atoms with Crippen LogP contribution in [-0.4, -0.2) is 35.2 Å². The van der Waals surface area contributed by atoms with Crippen molar-refractivity contribution in [2.75, 3.05) is 13.1 Å². The van der Waals surface area contributed by atoms with Gasteiger partial charge in [0, 0.05) is 25.5 Å². The molecule has 0 aliphatic heterocycles. The maximum absolute atomic E-state index is 11.7. The number of aromatic nitrogens is 1. The summed E-state index contributed by atoms with van der Waals surface area (Å²) < 4.78 is 0. The Kier molecular flexibility index (Phi) is 5.54. The van der Waals surface area contributed by atoms with Gasteiger partial charge in [-0.1, -0.05) is 6.42 Å². The standard InChI is InChI=1S/C15H21N3O3/c19-14(20)13-3-1-2-12(13)10-18-15(21)17-9-6-11-4-7-16-8-5-11/h4-5,7-8,12-13H,1-3,6,9-10H2,(H,19,20)(H2,17,18,21). The number of hydrogen-bond donors (Lipinski definition) is 3. The zero-order valence-corrected chi connectivity index (χ0v) is 11.9. The SMILES string of the molecule is O=C(NCCc1ccncc1)NCC1CCCC1C(=O)O. The quantitative estimate of drug-likeness (QED) is 0.739. The monoisotopic (exact) mass is 291 g/mol. The van der Waals surface area contributed by atoms with Gasteiger partial charge in [0.2, 0.25) is 0 Å². The van der Waals surface area contributed by atoms with E-state index in [1.54, 1.807) is 12.4 Å². The van der Waals surface area contributed by atoms with E-state index in [0.717, 1.165) is 24.8 Å². The number of pyridine rings is 1. The van der Waals surface area contributed by atoms with Crippen molar-refractivity contribution in [1.82, 2.24) is 15.6 Å². The van der Waals surface area contributed by atoms with Gasteiger partial charge in [-0.25, -0.2) is 4.79 Å². The van der Waals surface area contributed by atoms with E-state index in [1.807, 2.05) is 12.1 Å². The first-order chi connectivity index (χ1) is 10.2. The van der Waals surface area contributed by atoms with Gasteiger partial charge in [0.05, 0.1) is 5.92 Å². The van der Waals surface area contributed by atoms with Crippen molar-refractivity contribution in [3.8, 4) is 0 Å². The molecule has 21 heavy (non-hydrogen) atoms. The minimum Gasteiger partial charge on any atom is -0.481 e. The van der Waals surface area contributed by atoms with Crippen LogP contribution in [0.5, 0.6) is 0 Å². The second kappa shape index (κ2) is 7.61. The zero-order valence-electron chi connectivity index (χ0n) is 11.9. The molecule has 3 N–H and O–H groups in total. The lowest BCUT2D eigenvalue weighted by molar-refractivity contribution is -0.142. The van der Waals surface area contributed by atoms with Gasteiger partial charge in [-0.2, -0.15) is 0 Å². The first-order valence-electron chi connectivity index (χ1n) is 7.30. The van der Waals surface area contributed by atoms with E-state index in [1.165, 1.54) is 0 Å². The molecule has 2 rings (SSSR count). The van der Waals surface area contributed by atoms with E-state index >= 15 is 0 Å². The Hall–Kier alpha value is -2.11. The minimum atomic E-state index is -0.752. The molecule has 1 fully saturated rings. The fourth-order valence-electron chi connectivity index (χ4n) is 2.76. The Labute approximate surface area is 124 Å². The molecular weight excluding hydrogens is 270 g/mol. The van der Waals surface area contributed by atoms with E-state index in [2.05, 4.69) is 15.6 Å². The lowest BCUT2D eigenvalue weighted by Gasteiger charge is -2.16. The molecule has 1 heterocycles. The predicted octanol–water partition coefficient (Wildman–Crippen LogP) is 1.42. The van der Waals surface area contributed by atoms with Gasteiger partial charge in [0.15, 0.2) is 0 Å². The predicted molar refractivity (Wildman–Crippen MR) is 77.8 cm³/mol. The summed E-state index contributed by atoms with van der Waals surface area (Å²) in [5, 5.41) is 14.6. The number of amides is 2. The van der Waals surface area contributed by atoms with Crippen LogP contribution < -0.4 is 10.6 Å². The van der Waals surface area contributed by atoms with Crippen LogP contribution in [0.25, 0.3) is 0 Å². The Morgan fingerprint density at radius 2 is 2.00 bits per heavy atom. The molecule has 6 heteroatoms. The van der Waals surface area contributed by atoms with E-state index < -0.39 is 5.97 Å².